The molecule has 0 spiro atoms. The molecule has 1 amide bonds. The highest BCUT2D eigenvalue weighted by atomic mass is 19.1. The molecule has 1 aromatic carbocycles. The fraction of sp³-hybridized carbons (Fsp3) is 0.533. The summed E-state index contributed by atoms with van der Waals surface area (Å²) in [6.45, 7) is 11.0. The van der Waals surface area contributed by atoms with Gasteiger partial charge in [0.2, 0.25) is 0 Å². The Morgan fingerprint density at radius 3 is 2.68 bits per heavy atom. The van der Waals surface area contributed by atoms with Gasteiger partial charge in [0.1, 0.15) is 5.82 Å². The van der Waals surface area contributed by atoms with Gasteiger partial charge in [0, 0.05) is 63.2 Å². The van der Waals surface area contributed by atoms with Crippen LogP contribution in [0.5, 0.6) is 0 Å². The van der Waals surface area contributed by atoms with Crippen LogP contribution in [0.25, 0.3) is 16.6 Å². The fourth-order valence-electron chi connectivity index (χ4n) is 6.10. The minimum atomic E-state index is -0.463. The number of hydrogen-bond acceptors (Lipinski definition) is 5. The SMILES string of the molecule is Cc1cncc2c1c(CC1CN(CC3CCOCC3)C1)cn2-c1ccc(F)cc1C(=O)N(CCO)C(C)C. The first kappa shape index (κ1) is 26.8. The molecule has 204 valence electrons. The zero-order valence-electron chi connectivity index (χ0n) is 22.7. The van der Waals surface area contributed by atoms with Crippen LogP contribution >= 0.6 is 0 Å². The van der Waals surface area contributed by atoms with Gasteiger partial charge in [-0.05, 0) is 81.2 Å². The lowest BCUT2D eigenvalue weighted by Gasteiger charge is -2.42. The van der Waals surface area contributed by atoms with Gasteiger partial charge in [0.25, 0.3) is 5.91 Å². The molecule has 2 fully saturated rings. The molecule has 0 aliphatic carbocycles. The van der Waals surface area contributed by atoms with E-state index < -0.39 is 5.82 Å². The highest BCUT2D eigenvalue weighted by molar-refractivity contribution is 5.99. The van der Waals surface area contributed by atoms with E-state index in [9.17, 15) is 14.3 Å². The van der Waals surface area contributed by atoms with Gasteiger partial charge in [-0.25, -0.2) is 4.39 Å². The minimum absolute atomic E-state index is 0.130. The van der Waals surface area contributed by atoms with E-state index in [0.29, 0.717) is 11.6 Å². The molecule has 2 aliphatic rings. The third-order valence-corrected chi connectivity index (χ3v) is 8.05. The lowest BCUT2D eigenvalue weighted by atomic mass is 9.89. The number of aryl methyl sites for hydroxylation is 1. The summed E-state index contributed by atoms with van der Waals surface area (Å²) < 4.78 is 21.9. The van der Waals surface area contributed by atoms with Crippen molar-refractivity contribution >= 4 is 16.8 Å². The number of fused-ring (bicyclic) bond motifs is 1. The Bertz CT molecular complexity index is 1280. The number of carbonyl (C=O) groups is 1. The maximum atomic E-state index is 14.4. The van der Waals surface area contributed by atoms with Crippen LogP contribution in [0.2, 0.25) is 0 Å². The van der Waals surface area contributed by atoms with E-state index in [1.165, 1.54) is 17.7 Å². The van der Waals surface area contributed by atoms with Crippen molar-refractivity contribution in [1.82, 2.24) is 19.4 Å². The topological polar surface area (TPSA) is 70.8 Å². The molecule has 3 aromatic rings. The van der Waals surface area contributed by atoms with E-state index in [2.05, 4.69) is 23.0 Å². The molecular weight excluding hydrogens is 483 g/mol. The minimum Gasteiger partial charge on any atom is -0.395 e. The predicted octanol–water partition coefficient (Wildman–Crippen LogP) is 4.22. The number of amides is 1. The molecule has 2 aromatic heterocycles. The largest absolute Gasteiger partial charge is 0.395 e. The van der Waals surface area contributed by atoms with Crippen molar-refractivity contribution in [3.63, 3.8) is 0 Å². The molecule has 0 atom stereocenters. The monoisotopic (exact) mass is 522 g/mol. The van der Waals surface area contributed by atoms with Crippen molar-refractivity contribution in [2.45, 2.75) is 46.1 Å². The average molecular weight is 523 g/mol. The number of aromatic nitrogens is 2. The molecule has 0 bridgehead atoms. The molecule has 38 heavy (non-hydrogen) atoms. The number of benzene rings is 1. The molecule has 2 saturated heterocycles. The van der Waals surface area contributed by atoms with Crippen molar-refractivity contribution in [1.29, 1.82) is 0 Å². The van der Waals surface area contributed by atoms with Crippen molar-refractivity contribution in [3.8, 4) is 5.69 Å². The number of hydrogen-bond donors (Lipinski definition) is 1. The molecular formula is C30H39FN4O3. The van der Waals surface area contributed by atoms with Crippen molar-refractivity contribution in [2.75, 3.05) is 46.0 Å². The highest BCUT2D eigenvalue weighted by Crippen LogP contribution is 2.33. The van der Waals surface area contributed by atoms with E-state index in [0.717, 1.165) is 74.5 Å². The molecule has 7 nitrogen and oxygen atoms in total. The van der Waals surface area contributed by atoms with Crippen LogP contribution in [0.3, 0.4) is 0 Å². The lowest BCUT2D eigenvalue weighted by Crippen LogP contribution is -2.49. The van der Waals surface area contributed by atoms with Crippen LogP contribution in [-0.4, -0.2) is 82.4 Å². The van der Waals surface area contributed by atoms with Gasteiger partial charge < -0.3 is 24.2 Å². The Morgan fingerprint density at radius 2 is 1.97 bits per heavy atom. The van der Waals surface area contributed by atoms with Crippen LogP contribution in [0.15, 0.2) is 36.8 Å². The van der Waals surface area contributed by atoms with Crippen LogP contribution in [0.1, 0.15) is 48.2 Å². The van der Waals surface area contributed by atoms with Gasteiger partial charge in [-0.15, -0.1) is 0 Å². The highest BCUT2D eigenvalue weighted by Gasteiger charge is 2.31. The number of aliphatic hydroxyl groups excluding tert-OH is 1. The van der Waals surface area contributed by atoms with Crippen molar-refractivity contribution < 1.29 is 19.0 Å². The zero-order valence-corrected chi connectivity index (χ0v) is 22.7. The average Bonchev–Trinajstić information content (AvgIpc) is 3.25. The molecule has 0 saturated carbocycles. The molecule has 0 unspecified atom stereocenters. The normalized spacial score (nSPS) is 17.3. The van der Waals surface area contributed by atoms with E-state index in [4.69, 9.17) is 4.74 Å². The lowest BCUT2D eigenvalue weighted by molar-refractivity contribution is 0.0254. The summed E-state index contributed by atoms with van der Waals surface area (Å²) in [6.07, 6.45) is 9.09. The zero-order chi connectivity index (χ0) is 26.8. The van der Waals surface area contributed by atoms with Crippen molar-refractivity contribution in [2.24, 2.45) is 11.8 Å². The summed E-state index contributed by atoms with van der Waals surface area (Å²) in [5.41, 5.74) is 4.14. The molecule has 2 aliphatic heterocycles. The summed E-state index contributed by atoms with van der Waals surface area (Å²) in [4.78, 5) is 22.2. The number of pyridine rings is 1. The standard InChI is InChI=1S/C30H39FN4O3/c1-20(2)34(8-9-36)30(37)26-13-25(31)4-5-27(26)35-19-24(29-21(3)14-32-15-28(29)35)12-23-17-33(18-23)16-22-6-10-38-11-7-22/h4-5,13-15,19-20,22-23,36H,6-12,16-18H2,1-3H3. The van der Waals surface area contributed by atoms with Gasteiger partial charge in [-0.1, -0.05) is 0 Å². The van der Waals surface area contributed by atoms with E-state index in [1.807, 2.05) is 30.8 Å². The Labute approximate surface area is 224 Å². The van der Waals surface area contributed by atoms with E-state index in [1.54, 1.807) is 11.0 Å². The number of rotatable bonds is 9. The number of likely N-dealkylation sites (tertiary alicyclic amines) is 1. The maximum Gasteiger partial charge on any atom is 0.256 e. The van der Waals surface area contributed by atoms with Crippen LogP contribution in [0.4, 0.5) is 4.39 Å². The van der Waals surface area contributed by atoms with Crippen LogP contribution in [0, 0.1) is 24.6 Å². The number of nitrogens with zero attached hydrogens (tertiary/aromatic N) is 4. The van der Waals surface area contributed by atoms with E-state index in [-0.39, 0.29) is 30.7 Å². The third-order valence-electron chi connectivity index (χ3n) is 8.05. The molecule has 5 rings (SSSR count). The Kier molecular flexibility index (Phi) is 8.12. The van der Waals surface area contributed by atoms with E-state index >= 15 is 0 Å². The second-order valence-corrected chi connectivity index (χ2v) is 11.2. The smallest absolute Gasteiger partial charge is 0.256 e. The number of carbonyl (C=O) groups excluding carboxylic acids is 1. The third kappa shape index (κ3) is 5.48. The Balaban J connectivity index is 1.44. The van der Waals surface area contributed by atoms with Gasteiger partial charge in [-0.2, -0.15) is 0 Å². The van der Waals surface area contributed by atoms with Crippen LogP contribution < -0.4 is 0 Å². The molecule has 0 radical (unpaired) electrons. The Morgan fingerprint density at radius 1 is 1.21 bits per heavy atom. The molecule has 1 N–H and O–H groups in total. The summed E-state index contributed by atoms with van der Waals surface area (Å²) >= 11 is 0. The first-order valence-corrected chi connectivity index (χ1v) is 13.8. The fourth-order valence-corrected chi connectivity index (χ4v) is 6.10. The first-order chi connectivity index (χ1) is 18.4. The summed E-state index contributed by atoms with van der Waals surface area (Å²) in [6, 6.07) is 4.24. The summed E-state index contributed by atoms with van der Waals surface area (Å²) in [7, 11) is 0. The second kappa shape index (κ2) is 11.5. The van der Waals surface area contributed by atoms with Gasteiger partial charge in [-0.3, -0.25) is 9.78 Å². The quantitative estimate of drug-likeness (QED) is 0.456. The van der Waals surface area contributed by atoms with Gasteiger partial charge in [0.05, 0.1) is 29.6 Å². The number of ether oxygens (including phenoxy) is 1. The van der Waals surface area contributed by atoms with Gasteiger partial charge >= 0.3 is 0 Å². The van der Waals surface area contributed by atoms with Crippen LogP contribution in [-0.2, 0) is 11.2 Å². The summed E-state index contributed by atoms with van der Waals surface area (Å²) in [5, 5.41) is 10.7. The number of halogens is 1. The molecule has 4 heterocycles. The first-order valence-electron chi connectivity index (χ1n) is 13.8. The summed E-state index contributed by atoms with van der Waals surface area (Å²) in [5.74, 6) is 0.563. The van der Waals surface area contributed by atoms with Crippen molar-refractivity contribution in [3.05, 3.63) is 59.3 Å². The van der Waals surface area contributed by atoms with Gasteiger partial charge in [0.15, 0.2) is 0 Å². The maximum absolute atomic E-state index is 14.4. The predicted molar refractivity (Wildman–Crippen MR) is 146 cm³/mol. The Hall–Kier alpha value is -2.81. The second-order valence-electron chi connectivity index (χ2n) is 11.2. The number of aliphatic hydroxyl groups is 1. The molecule has 8 heteroatoms.